The van der Waals surface area contributed by atoms with E-state index >= 15 is 0 Å². The molecule has 0 aliphatic rings. The third kappa shape index (κ3) is 4.18. The van der Waals surface area contributed by atoms with Gasteiger partial charge in [0.05, 0.1) is 5.60 Å². The maximum Gasteiger partial charge on any atom is 0.163 e. The van der Waals surface area contributed by atoms with Gasteiger partial charge in [-0.25, -0.2) is 9.97 Å². The van der Waals surface area contributed by atoms with E-state index in [9.17, 15) is 5.11 Å². The summed E-state index contributed by atoms with van der Waals surface area (Å²) in [5, 5.41) is 13.5. The van der Waals surface area contributed by atoms with Crippen molar-refractivity contribution in [2.45, 2.75) is 26.4 Å². The minimum atomic E-state index is -0.779. The highest BCUT2D eigenvalue weighted by Crippen LogP contribution is 2.22. The van der Waals surface area contributed by atoms with Crippen LogP contribution in [0.4, 0.5) is 5.82 Å². The Kier molecular flexibility index (Phi) is 5.37. The summed E-state index contributed by atoms with van der Waals surface area (Å²) in [4.78, 5) is 13.2. The van der Waals surface area contributed by atoms with Crippen molar-refractivity contribution < 1.29 is 5.11 Å². The molecular weight excluding hydrogens is 296 g/mol. The van der Waals surface area contributed by atoms with Gasteiger partial charge in [0.1, 0.15) is 5.82 Å². The summed E-state index contributed by atoms with van der Waals surface area (Å²) in [7, 11) is 0. The molecule has 2 heterocycles. The number of rotatable bonds is 6. The zero-order valence-corrected chi connectivity index (χ0v) is 14.2. The van der Waals surface area contributed by atoms with Crippen LogP contribution in [-0.2, 0) is 0 Å². The topological polar surface area (TPSA) is 70.9 Å². The Morgan fingerprint density at radius 3 is 2.73 bits per heavy atom. The van der Waals surface area contributed by atoms with Crippen molar-refractivity contribution in [1.29, 1.82) is 0 Å². The third-order valence-electron chi connectivity index (χ3n) is 3.40. The molecule has 2 N–H and O–H groups in total. The molecule has 0 bridgehead atoms. The fourth-order valence-electron chi connectivity index (χ4n) is 2.06. The molecule has 118 valence electrons. The van der Waals surface area contributed by atoms with Crippen molar-refractivity contribution in [1.82, 2.24) is 15.0 Å². The lowest BCUT2D eigenvalue weighted by Crippen LogP contribution is -2.36. The van der Waals surface area contributed by atoms with Crippen LogP contribution in [-0.4, -0.2) is 44.2 Å². The van der Waals surface area contributed by atoms with Gasteiger partial charge in [0.25, 0.3) is 0 Å². The number of hydrogen-bond donors (Lipinski definition) is 2. The van der Waals surface area contributed by atoms with Gasteiger partial charge in [0.15, 0.2) is 5.82 Å². The van der Waals surface area contributed by atoms with E-state index in [1.807, 2.05) is 39.2 Å². The number of aliphatic hydroxyl groups is 1. The van der Waals surface area contributed by atoms with Crippen molar-refractivity contribution >= 4 is 17.6 Å². The van der Waals surface area contributed by atoms with E-state index in [4.69, 9.17) is 0 Å². The van der Waals surface area contributed by atoms with Crippen molar-refractivity contribution in [3.63, 3.8) is 0 Å². The molecule has 0 amide bonds. The highest BCUT2D eigenvalue weighted by atomic mass is 32.2. The predicted molar refractivity (Wildman–Crippen MR) is 92.2 cm³/mol. The van der Waals surface area contributed by atoms with Crippen LogP contribution in [0.5, 0.6) is 0 Å². The lowest BCUT2D eigenvalue weighted by atomic mass is 10.1. The molecule has 0 spiro atoms. The Bertz CT molecular complexity index is 632. The normalized spacial score (nSPS) is 13.7. The summed E-state index contributed by atoms with van der Waals surface area (Å²) in [6.07, 6.45) is 5.45. The van der Waals surface area contributed by atoms with Crippen LogP contribution in [0.25, 0.3) is 11.4 Å². The van der Waals surface area contributed by atoms with E-state index in [-0.39, 0.29) is 0 Å². The van der Waals surface area contributed by atoms with Crippen LogP contribution in [0.3, 0.4) is 0 Å². The quantitative estimate of drug-likeness (QED) is 0.853. The van der Waals surface area contributed by atoms with Crippen molar-refractivity contribution in [3.8, 4) is 11.4 Å². The second kappa shape index (κ2) is 7.07. The zero-order valence-electron chi connectivity index (χ0n) is 13.4. The van der Waals surface area contributed by atoms with E-state index < -0.39 is 5.60 Å². The summed E-state index contributed by atoms with van der Waals surface area (Å²) < 4.78 is 0. The van der Waals surface area contributed by atoms with Gasteiger partial charge in [-0.15, -0.1) is 0 Å². The zero-order chi connectivity index (χ0) is 16.2. The number of thioether (sulfide) groups is 1. The molecule has 6 heteroatoms. The van der Waals surface area contributed by atoms with Crippen molar-refractivity contribution in [2.24, 2.45) is 0 Å². The maximum atomic E-state index is 10.3. The van der Waals surface area contributed by atoms with Gasteiger partial charge in [0, 0.05) is 41.5 Å². The minimum absolute atomic E-state index is 0.442. The van der Waals surface area contributed by atoms with E-state index in [0.29, 0.717) is 18.1 Å². The first-order valence-corrected chi connectivity index (χ1v) is 8.53. The average Bonchev–Trinajstić information content (AvgIpc) is 2.49. The van der Waals surface area contributed by atoms with Gasteiger partial charge in [-0.05, 0) is 39.2 Å². The fourth-order valence-corrected chi connectivity index (χ4v) is 2.79. The highest BCUT2D eigenvalue weighted by molar-refractivity contribution is 7.98. The summed E-state index contributed by atoms with van der Waals surface area (Å²) >= 11 is 1.62. The van der Waals surface area contributed by atoms with E-state index in [2.05, 4.69) is 20.3 Å². The number of nitrogens with zero attached hydrogens (tertiary/aromatic N) is 3. The smallest absolute Gasteiger partial charge is 0.163 e. The van der Waals surface area contributed by atoms with Crippen LogP contribution in [0.15, 0.2) is 24.5 Å². The molecule has 5 nitrogen and oxygen atoms in total. The Hall–Kier alpha value is -1.66. The first-order valence-electron chi connectivity index (χ1n) is 7.14. The number of aromatic nitrogens is 3. The van der Waals surface area contributed by atoms with Crippen LogP contribution < -0.4 is 5.32 Å². The monoisotopic (exact) mass is 318 g/mol. The molecule has 0 fully saturated rings. The van der Waals surface area contributed by atoms with Gasteiger partial charge < -0.3 is 10.4 Å². The molecule has 22 heavy (non-hydrogen) atoms. The summed E-state index contributed by atoms with van der Waals surface area (Å²) in [6.45, 7) is 6.20. The second-order valence-corrected chi connectivity index (χ2v) is 6.50. The number of hydrogen-bond acceptors (Lipinski definition) is 6. The van der Waals surface area contributed by atoms with Crippen LogP contribution in [0.2, 0.25) is 0 Å². The molecule has 0 aromatic carbocycles. The lowest BCUT2D eigenvalue weighted by Gasteiger charge is -2.23. The summed E-state index contributed by atoms with van der Waals surface area (Å²) in [5.74, 6) is 2.06. The first kappa shape index (κ1) is 16.7. The Balaban J connectivity index is 2.26. The van der Waals surface area contributed by atoms with E-state index in [0.717, 1.165) is 22.6 Å². The van der Waals surface area contributed by atoms with Gasteiger partial charge in [-0.1, -0.05) is 0 Å². The van der Waals surface area contributed by atoms with Gasteiger partial charge in [0.2, 0.25) is 0 Å². The molecule has 0 aliphatic carbocycles. The second-order valence-electron chi connectivity index (χ2n) is 5.63. The molecule has 0 saturated carbocycles. The molecular formula is C16H22N4OS. The summed E-state index contributed by atoms with van der Waals surface area (Å²) in [5.41, 5.74) is 2.01. The lowest BCUT2D eigenvalue weighted by molar-refractivity contribution is 0.0996. The summed E-state index contributed by atoms with van der Waals surface area (Å²) in [6, 6.07) is 3.80. The Morgan fingerprint density at radius 1 is 1.32 bits per heavy atom. The number of aryl methyl sites for hydroxylation is 1. The predicted octanol–water partition coefficient (Wildman–Crippen LogP) is 2.68. The standard InChI is InChI=1S/C16H22N4OS/c1-11-12(2)19-15(13-6-5-7-17-8-13)20-14(11)18-9-16(3,21)10-22-4/h5-8,21H,9-10H2,1-4H3,(H,18,19,20)/t16-/m0/s1. The van der Waals surface area contributed by atoms with Gasteiger partial charge in [-0.2, -0.15) is 11.8 Å². The Labute approximate surface area is 135 Å². The molecule has 2 aromatic rings. The molecule has 2 rings (SSSR count). The molecule has 0 aliphatic heterocycles. The molecule has 0 unspecified atom stereocenters. The van der Waals surface area contributed by atoms with Gasteiger partial charge >= 0.3 is 0 Å². The molecule has 0 saturated heterocycles. The number of anilines is 1. The van der Waals surface area contributed by atoms with Crippen LogP contribution in [0.1, 0.15) is 18.2 Å². The maximum absolute atomic E-state index is 10.3. The number of nitrogens with one attached hydrogen (secondary N) is 1. The van der Waals surface area contributed by atoms with Crippen molar-refractivity contribution in [3.05, 3.63) is 35.8 Å². The molecule has 2 aromatic heterocycles. The van der Waals surface area contributed by atoms with Crippen molar-refractivity contribution in [2.75, 3.05) is 23.9 Å². The average molecular weight is 318 g/mol. The van der Waals surface area contributed by atoms with Crippen LogP contribution in [0, 0.1) is 13.8 Å². The Morgan fingerprint density at radius 2 is 2.09 bits per heavy atom. The fraction of sp³-hybridized carbons (Fsp3) is 0.438. The minimum Gasteiger partial charge on any atom is -0.387 e. The SMILES string of the molecule is CSC[C@@](C)(O)CNc1nc(-c2cccnc2)nc(C)c1C. The number of pyridine rings is 1. The third-order valence-corrected chi connectivity index (χ3v) is 4.31. The van der Waals surface area contributed by atoms with Crippen LogP contribution >= 0.6 is 11.8 Å². The highest BCUT2D eigenvalue weighted by Gasteiger charge is 2.20. The van der Waals surface area contributed by atoms with E-state index in [1.54, 1.807) is 24.2 Å². The van der Waals surface area contributed by atoms with E-state index in [1.165, 1.54) is 0 Å². The first-order chi connectivity index (χ1) is 10.4. The largest absolute Gasteiger partial charge is 0.387 e. The molecule has 0 radical (unpaired) electrons. The molecule has 1 atom stereocenters. The van der Waals surface area contributed by atoms with Gasteiger partial charge in [-0.3, -0.25) is 4.98 Å².